The fourth-order valence-electron chi connectivity index (χ4n) is 4.14. The lowest BCUT2D eigenvalue weighted by Crippen LogP contribution is -2.37. The van der Waals surface area contributed by atoms with Gasteiger partial charge in [-0.2, -0.15) is 15.1 Å². The lowest BCUT2D eigenvalue weighted by atomic mass is 10.1. The number of nitrogens with zero attached hydrogens (tertiary/aromatic N) is 7. The Balaban J connectivity index is 1.66. The zero-order valence-electron chi connectivity index (χ0n) is 18.7. The van der Waals surface area contributed by atoms with E-state index in [1.165, 1.54) is 5.56 Å². The Morgan fingerprint density at radius 1 is 1.12 bits per heavy atom. The van der Waals surface area contributed by atoms with Crippen molar-refractivity contribution in [3.63, 3.8) is 0 Å². The molecular formula is C23H27N7O3. The molecule has 1 aromatic carbocycles. The summed E-state index contributed by atoms with van der Waals surface area (Å²) < 4.78 is 8.99. The number of rotatable bonds is 6. The minimum absolute atomic E-state index is 0.372. The van der Waals surface area contributed by atoms with Gasteiger partial charge in [-0.15, -0.1) is 0 Å². The van der Waals surface area contributed by atoms with Crippen molar-refractivity contribution in [2.24, 2.45) is 0 Å². The van der Waals surface area contributed by atoms with Gasteiger partial charge in [-0.05, 0) is 19.4 Å². The molecule has 5 rings (SSSR count). The van der Waals surface area contributed by atoms with Crippen LogP contribution in [0.2, 0.25) is 0 Å². The standard InChI is InChI=1S/C23H27N7O3/c1-3-29-20(18(32)14-31)25-19-21(28-7-9-33-10-8-28)26-23(27-22(19)29)30-13-17(12-24-30)16-6-4-5-15(2)11-16/h4-6,11-13,18,31-32H,3,7-10,14H2,1-2H3. The second-order valence-corrected chi connectivity index (χ2v) is 8.07. The molecule has 1 fully saturated rings. The van der Waals surface area contributed by atoms with Gasteiger partial charge >= 0.3 is 0 Å². The zero-order valence-corrected chi connectivity index (χ0v) is 18.7. The number of aliphatic hydroxyl groups is 2. The van der Waals surface area contributed by atoms with Crippen LogP contribution in [0.25, 0.3) is 28.2 Å². The zero-order chi connectivity index (χ0) is 22.9. The molecule has 172 valence electrons. The normalized spacial score (nSPS) is 15.3. The average Bonchev–Trinajstić information content (AvgIpc) is 3.48. The minimum atomic E-state index is -1.10. The highest BCUT2D eigenvalue weighted by Gasteiger charge is 2.25. The van der Waals surface area contributed by atoms with Gasteiger partial charge in [0, 0.05) is 31.4 Å². The first-order chi connectivity index (χ1) is 16.1. The van der Waals surface area contributed by atoms with Gasteiger partial charge in [0.25, 0.3) is 5.95 Å². The number of hydrogen-bond acceptors (Lipinski definition) is 8. The molecule has 10 heteroatoms. The Labute approximate surface area is 191 Å². The Kier molecular flexibility index (Phi) is 5.79. The van der Waals surface area contributed by atoms with E-state index in [-0.39, 0.29) is 0 Å². The maximum Gasteiger partial charge on any atom is 0.254 e. The highest BCUT2D eigenvalue weighted by molar-refractivity contribution is 5.85. The van der Waals surface area contributed by atoms with Crippen molar-refractivity contribution >= 4 is 17.0 Å². The van der Waals surface area contributed by atoms with Crippen LogP contribution in [0, 0.1) is 6.92 Å². The van der Waals surface area contributed by atoms with Crippen molar-refractivity contribution in [3.05, 3.63) is 48.0 Å². The number of aromatic nitrogens is 6. The van der Waals surface area contributed by atoms with Crippen molar-refractivity contribution < 1.29 is 14.9 Å². The summed E-state index contributed by atoms with van der Waals surface area (Å²) in [6.07, 6.45) is 2.61. The van der Waals surface area contributed by atoms with E-state index in [4.69, 9.17) is 14.7 Å². The molecule has 3 aromatic heterocycles. The number of morpholine rings is 1. The monoisotopic (exact) mass is 449 g/mol. The van der Waals surface area contributed by atoms with Crippen molar-refractivity contribution in [3.8, 4) is 17.1 Å². The molecule has 0 amide bonds. The quantitative estimate of drug-likeness (QED) is 0.459. The van der Waals surface area contributed by atoms with Gasteiger partial charge in [-0.1, -0.05) is 29.8 Å². The van der Waals surface area contributed by atoms with Crippen LogP contribution in [-0.2, 0) is 11.3 Å². The number of aryl methyl sites for hydroxylation is 2. The smallest absolute Gasteiger partial charge is 0.254 e. The minimum Gasteiger partial charge on any atom is -0.393 e. The van der Waals surface area contributed by atoms with Crippen molar-refractivity contribution in [2.75, 3.05) is 37.8 Å². The van der Waals surface area contributed by atoms with Gasteiger partial charge in [0.2, 0.25) is 0 Å². The number of hydrogen-bond donors (Lipinski definition) is 2. The summed E-state index contributed by atoms with van der Waals surface area (Å²) in [5, 5.41) is 24.4. The average molecular weight is 450 g/mol. The van der Waals surface area contributed by atoms with Gasteiger partial charge in [0.05, 0.1) is 26.0 Å². The highest BCUT2D eigenvalue weighted by Crippen LogP contribution is 2.29. The van der Waals surface area contributed by atoms with Crippen LogP contribution in [0.1, 0.15) is 24.4 Å². The summed E-state index contributed by atoms with van der Waals surface area (Å²) in [5.74, 6) is 1.46. The fraction of sp³-hybridized carbons (Fsp3) is 0.391. The predicted octanol–water partition coefficient (Wildman–Crippen LogP) is 1.87. The number of aliphatic hydroxyl groups excluding tert-OH is 2. The van der Waals surface area contributed by atoms with E-state index >= 15 is 0 Å². The Bertz CT molecular complexity index is 1280. The molecule has 0 aliphatic carbocycles. The molecule has 1 aliphatic heterocycles. The molecular weight excluding hydrogens is 422 g/mol. The molecule has 4 heterocycles. The van der Waals surface area contributed by atoms with Gasteiger partial charge in [0.1, 0.15) is 11.9 Å². The van der Waals surface area contributed by atoms with Gasteiger partial charge in [-0.3, -0.25) is 0 Å². The molecule has 0 saturated carbocycles. The third-order valence-corrected chi connectivity index (χ3v) is 5.83. The van der Waals surface area contributed by atoms with Crippen LogP contribution in [0.15, 0.2) is 36.7 Å². The summed E-state index contributed by atoms with van der Waals surface area (Å²) in [7, 11) is 0. The summed E-state index contributed by atoms with van der Waals surface area (Å²) in [5.41, 5.74) is 4.41. The maximum atomic E-state index is 10.3. The summed E-state index contributed by atoms with van der Waals surface area (Å²) in [4.78, 5) is 16.4. The molecule has 1 atom stereocenters. The molecule has 4 aromatic rings. The van der Waals surface area contributed by atoms with E-state index in [1.807, 2.05) is 29.8 Å². The molecule has 0 spiro atoms. The molecule has 1 saturated heterocycles. The number of imidazole rings is 1. The van der Waals surface area contributed by atoms with E-state index in [9.17, 15) is 10.2 Å². The van der Waals surface area contributed by atoms with Crippen molar-refractivity contribution in [1.82, 2.24) is 29.3 Å². The van der Waals surface area contributed by atoms with E-state index in [0.29, 0.717) is 61.6 Å². The number of benzene rings is 1. The molecule has 1 aliphatic rings. The van der Waals surface area contributed by atoms with Gasteiger partial charge in [-0.25, -0.2) is 9.67 Å². The molecule has 2 N–H and O–H groups in total. The van der Waals surface area contributed by atoms with Crippen LogP contribution < -0.4 is 4.90 Å². The first-order valence-corrected chi connectivity index (χ1v) is 11.1. The SMILES string of the molecule is CCn1c(C(O)CO)nc2c(N3CCOCC3)nc(-n3cc(-c4cccc(C)c4)cn3)nc21. The van der Waals surface area contributed by atoms with E-state index < -0.39 is 12.7 Å². The first kappa shape index (κ1) is 21.5. The maximum absolute atomic E-state index is 10.3. The predicted molar refractivity (Wildman–Crippen MR) is 123 cm³/mol. The topological polar surface area (TPSA) is 114 Å². The Hall–Kier alpha value is -3.34. The van der Waals surface area contributed by atoms with E-state index in [0.717, 1.165) is 11.1 Å². The van der Waals surface area contributed by atoms with Crippen LogP contribution in [0.4, 0.5) is 5.82 Å². The van der Waals surface area contributed by atoms with Crippen LogP contribution in [0.5, 0.6) is 0 Å². The molecule has 10 nitrogen and oxygen atoms in total. The van der Waals surface area contributed by atoms with E-state index in [1.54, 1.807) is 10.9 Å². The number of anilines is 1. The Morgan fingerprint density at radius 2 is 1.94 bits per heavy atom. The van der Waals surface area contributed by atoms with Crippen LogP contribution in [-0.4, -0.2) is 72.4 Å². The Morgan fingerprint density at radius 3 is 2.67 bits per heavy atom. The summed E-state index contributed by atoms with van der Waals surface area (Å²) >= 11 is 0. The molecule has 0 bridgehead atoms. The lowest BCUT2D eigenvalue weighted by Gasteiger charge is -2.28. The molecule has 1 unspecified atom stereocenters. The third kappa shape index (κ3) is 3.97. The van der Waals surface area contributed by atoms with Crippen LogP contribution in [0.3, 0.4) is 0 Å². The van der Waals surface area contributed by atoms with Crippen molar-refractivity contribution in [2.45, 2.75) is 26.5 Å². The molecule has 0 radical (unpaired) electrons. The number of fused-ring (bicyclic) bond motifs is 1. The number of ether oxygens (including phenoxy) is 1. The van der Waals surface area contributed by atoms with Crippen molar-refractivity contribution in [1.29, 1.82) is 0 Å². The van der Waals surface area contributed by atoms with Gasteiger partial charge in [0.15, 0.2) is 17.0 Å². The third-order valence-electron chi connectivity index (χ3n) is 5.83. The summed E-state index contributed by atoms with van der Waals surface area (Å²) in [6, 6.07) is 8.24. The highest BCUT2D eigenvalue weighted by atomic mass is 16.5. The summed E-state index contributed by atoms with van der Waals surface area (Å²) in [6.45, 7) is 6.68. The first-order valence-electron chi connectivity index (χ1n) is 11.1. The van der Waals surface area contributed by atoms with Gasteiger partial charge < -0.3 is 24.4 Å². The second kappa shape index (κ2) is 8.89. The lowest BCUT2D eigenvalue weighted by molar-refractivity contribution is 0.0861. The van der Waals surface area contributed by atoms with E-state index in [2.05, 4.69) is 34.0 Å². The largest absolute Gasteiger partial charge is 0.393 e. The molecule has 33 heavy (non-hydrogen) atoms. The second-order valence-electron chi connectivity index (χ2n) is 8.07. The fourth-order valence-corrected chi connectivity index (χ4v) is 4.14. The van der Waals surface area contributed by atoms with Crippen LogP contribution >= 0.6 is 0 Å².